The Kier molecular flexibility index (Phi) is 9.62. The van der Waals surface area contributed by atoms with E-state index in [1.807, 2.05) is 24.3 Å². The number of primary amides is 1. The highest BCUT2D eigenvalue weighted by atomic mass is 32.2. The zero-order chi connectivity index (χ0) is 32.6. The molecule has 4 rings (SSSR count). The first kappa shape index (κ1) is 33.6. The average molecular weight is 637 g/mol. The minimum atomic E-state index is -3.63. The van der Waals surface area contributed by atoms with Crippen molar-refractivity contribution in [3.05, 3.63) is 59.7 Å². The fourth-order valence-electron chi connectivity index (χ4n) is 5.73. The van der Waals surface area contributed by atoms with Gasteiger partial charge < -0.3 is 11.1 Å². The molecule has 9 nitrogen and oxygen atoms in total. The number of Topliss-reactive ketones (excluding diaryl/α,β-unsaturated/α-hetero) is 1. The number of alkyl halides is 3. The number of rotatable bonds is 12. The molecule has 44 heavy (non-hydrogen) atoms. The van der Waals surface area contributed by atoms with E-state index in [0.29, 0.717) is 12.8 Å². The predicted molar refractivity (Wildman–Crippen MR) is 160 cm³/mol. The van der Waals surface area contributed by atoms with Crippen LogP contribution in [0.2, 0.25) is 0 Å². The van der Waals surface area contributed by atoms with Crippen LogP contribution < -0.4 is 16.4 Å². The van der Waals surface area contributed by atoms with Gasteiger partial charge in [-0.3, -0.25) is 19.7 Å². The summed E-state index contributed by atoms with van der Waals surface area (Å²) < 4.78 is 68.2. The standard InChI is InChI=1S/C31H39F3N4O5S/c1-18-16-38(44(4,42)43)17-24(39)25(18)36-23(15-30(2,3)34)28(40)37-26(27(32)33)21-7-5-19(6-8-21)20-9-11-22(12-10-20)31(13-14-31)29(35)41/h5-12,18,23,25-27,36H,13-17H2,1-4H3,(H2,35,41)(H,37,40)/t18-,23-,25-,26-/m0/s1. The summed E-state index contributed by atoms with van der Waals surface area (Å²) in [6, 6.07) is 9.53. The van der Waals surface area contributed by atoms with Crippen molar-refractivity contribution in [2.45, 2.75) is 75.7 Å². The third kappa shape index (κ3) is 7.67. The molecule has 2 aromatic carbocycles. The van der Waals surface area contributed by atoms with E-state index in [-0.39, 0.29) is 18.0 Å². The first-order valence-corrected chi connectivity index (χ1v) is 16.3. The minimum Gasteiger partial charge on any atom is -0.369 e. The molecule has 4 N–H and O–H groups in total. The van der Waals surface area contributed by atoms with Crippen LogP contribution in [0.4, 0.5) is 13.2 Å². The SMILES string of the molecule is C[C@H]1CN(S(C)(=O)=O)CC(=O)[C@H]1N[C@@H](CC(C)(C)F)C(=O)N[C@@H](c1ccc(-c2ccc(C3(C(N)=O)CC3)cc2)cc1)C(F)F. The molecule has 0 spiro atoms. The van der Waals surface area contributed by atoms with Crippen molar-refractivity contribution in [2.24, 2.45) is 11.7 Å². The smallest absolute Gasteiger partial charge is 0.262 e. The summed E-state index contributed by atoms with van der Waals surface area (Å²) in [6.45, 7) is 3.70. The predicted octanol–water partition coefficient (Wildman–Crippen LogP) is 3.24. The number of hydrogen-bond donors (Lipinski definition) is 3. The van der Waals surface area contributed by atoms with E-state index < -0.39 is 76.2 Å². The quantitative estimate of drug-likeness (QED) is 0.327. The maximum absolute atomic E-state index is 14.8. The number of nitrogens with one attached hydrogen (secondary N) is 2. The van der Waals surface area contributed by atoms with Gasteiger partial charge in [-0.15, -0.1) is 0 Å². The van der Waals surface area contributed by atoms with Gasteiger partial charge in [0.15, 0.2) is 5.78 Å². The summed E-state index contributed by atoms with van der Waals surface area (Å²) in [5.74, 6) is -2.32. The van der Waals surface area contributed by atoms with Gasteiger partial charge in [0, 0.05) is 13.0 Å². The Morgan fingerprint density at radius 3 is 2.05 bits per heavy atom. The number of sulfonamides is 1. The van der Waals surface area contributed by atoms with Gasteiger partial charge in [0.05, 0.1) is 30.3 Å². The van der Waals surface area contributed by atoms with Crippen molar-refractivity contribution in [3.8, 4) is 11.1 Å². The molecule has 240 valence electrons. The van der Waals surface area contributed by atoms with Gasteiger partial charge in [-0.2, -0.15) is 4.31 Å². The van der Waals surface area contributed by atoms with Gasteiger partial charge in [0.1, 0.15) is 11.7 Å². The Hall–Kier alpha value is -3.29. The van der Waals surface area contributed by atoms with Crippen molar-refractivity contribution in [3.63, 3.8) is 0 Å². The number of amides is 2. The van der Waals surface area contributed by atoms with Crippen LogP contribution >= 0.6 is 0 Å². The molecule has 2 amide bonds. The van der Waals surface area contributed by atoms with Crippen LogP contribution in [0.5, 0.6) is 0 Å². The van der Waals surface area contributed by atoms with E-state index in [4.69, 9.17) is 5.73 Å². The molecule has 4 atom stereocenters. The second-order valence-corrected chi connectivity index (χ2v) is 14.6. The molecule has 0 radical (unpaired) electrons. The highest BCUT2D eigenvalue weighted by molar-refractivity contribution is 7.88. The molecule has 1 heterocycles. The van der Waals surface area contributed by atoms with Gasteiger partial charge in [-0.25, -0.2) is 21.6 Å². The number of halogens is 3. The number of ketones is 1. The third-order valence-electron chi connectivity index (χ3n) is 8.41. The summed E-state index contributed by atoms with van der Waals surface area (Å²) >= 11 is 0. The first-order chi connectivity index (χ1) is 20.4. The van der Waals surface area contributed by atoms with Crippen LogP contribution in [0.25, 0.3) is 11.1 Å². The van der Waals surface area contributed by atoms with E-state index in [9.17, 15) is 36.0 Å². The minimum absolute atomic E-state index is 0.0103. The molecule has 1 saturated carbocycles. The van der Waals surface area contributed by atoms with E-state index >= 15 is 0 Å². The average Bonchev–Trinajstić information content (AvgIpc) is 3.74. The largest absolute Gasteiger partial charge is 0.369 e. The van der Waals surface area contributed by atoms with Crippen molar-refractivity contribution in [1.29, 1.82) is 0 Å². The first-order valence-electron chi connectivity index (χ1n) is 14.4. The maximum atomic E-state index is 14.8. The van der Waals surface area contributed by atoms with Crippen LogP contribution in [0.1, 0.15) is 57.2 Å². The van der Waals surface area contributed by atoms with Gasteiger partial charge >= 0.3 is 0 Å². The normalized spacial score (nSPS) is 22.0. The lowest BCUT2D eigenvalue weighted by Crippen LogP contribution is -2.61. The molecule has 0 unspecified atom stereocenters. The van der Waals surface area contributed by atoms with Crippen LogP contribution in [0, 0.1) is 5.92 Å². The fourth-order valence-corrected chi connectivity index (χ4v) is 6.60. The van der Waals surface area contributed by atoms with Crippen LogP contribution in [0.15, 0.2) is 48.5 Å². The molecule has 2 aromatic rings. The molecule has 2 aliphatic rings. The lowest BCUT2D eigenvalue weighted by molar-refractivity contribution is -0.129. The molecular weight excluding hydrogens is 597 g/mol. The van der Waals surface area contributed by atoms with Crippen molar-refractivity contribution in [1.82, 2.24) is 14.9 Å². The third-order valence-corrected chi connectivity index (χ3v) is 9.62. The zero-order valence-corrected chi connectivity index (χ0v) is 26.0. The fraction of sp³-hybridized carbons (Fsp3) is 0.516. The van der Waals surface area contributed by atoms with E-state index in [1.54, 1.807) is 19.1 Å². The zero-order valence-electron chi connectivity index (χ0n) is 25.1. The number of piperidine rings is 1. The maximum Gasteiger partial charge on any atom is 0.262 e. The molecular formula is C31H39F3N4O5S. The summed E-state index contributed by atoms with van der Waals surface area (Å²) in [7, 11) is -3.63. The van der Waals surface area contributed by atoms with Crippen LogP contribution in [-0.4, -0.2) is 73.8 Å². The number of nitrogens with two attached hydrogens (primary N) is 1. The molecule has 1 aliphatic heterocycles. The van der Waals surface area contributed by atoms with E-state index in [1.165, 1.54) is 26.0 Å². The number of carbonyl (C=O) groups excluding carboxylic acids is 3. The topological polar surface area (TPSA) is 139 Å². The molecule has 0 bridgehead atoms. The van der Waals surface area contributed by atoms with Crippen molar-refractivity contribution >= 4 is 27.6 Å². The highest BCUT2D eigenvalue weighted by Crippen LogP contribution is 2.48. The van der Waals surface area contributed by atoms with Gasteiger partial charge in [-0.05, 0) is 54.9 Å². The Bertz CT molecular complexity index is 1490. The number of benzene rings is 2. The monoisotopic (exact) mass is 636 g/mol. The summed E-state index contributed by atoms with van der Waals surface area (Å²) in [4.78, 5) is 38.0. The number of carbonyl (C=O) groups is 3. The Balaban J connectivity index is 1.49. The Labute approximate surface area is 255 Å². The van der Waals surface area contributed by atoms with Gasteiger partial charge in [0.2, 0.25) is 21.8 Å². The van der Waals surface area contributed by atoms with Crippen LogP contribution in [-0.2, 0) is 29.8 Å². The summed E-state index contributed by atoms with van der Waals surface area (Å²) in [5, 5.41) is 5.17. The number of nitrogens with zero attached hydrogens (tertiary/aromatic N) is 1. The molecule has 0 aromatic heterocycles. The van der Waals surface area contributed by atoms with Crippen LogP contribution in [0.3, 0.4) is 0 Å². The number of hydrogen-bond acceptors (Lipinski definition) is 6. The molecule has 13 heteroatoms. The van der Waals surface area contributed by atoms with E-state index in [0.717, 1.165) is 27.3 Å². The lowest BCUT2D eigenvalue weighted by atomic mass is 9.91. The Morgan fingerprint density at radius 2 is 1.61 bits per heavy atom. The second-order valence-electron chi connectivity index (χ2n) is 12.6. The van der Waals surface area contributed by atoms with E-state index in [2.05, 4.69) is 10.6 Å². The molecule has 2 fully saturated rings. The van der Waals surface area contributed by atoms with Crippen molar-refractivity contribution in [2.75, 3.05) is 19.3 Å². The molecule has 1 saturated heterocycles. The Morgan fingerprint density at radius 1 is 1.07 bits per heavy atom. The van der Waals surface area contributed by atoms with Gasteiger partial charge in [-0.1, -0.05) is 55.5 Å². The summed E-state index contributed by atoms with van der Waals surface area (Å²) in [6.07, 6.45) is -1.01. The summed E-state index contributed by atoms with van der Waals surface area (Å²) in [5.41, 5.74) is 5.55. The molecule has 1 aliphatic carbocycles. The van der Waals surface area contributed by atoms with Crippen molar-refractivity contribution < 1.29 is 36.0 Å². The second kappa shape index (κ2) is 12.6. The highest BCUT2D eigenvalue weighted by Gasteiger charge is 2.49. The lowest BCUT2D eigenvalue weighted by Gasteiger charge is -2.37. The van der Waals surface area contributed by atoms with Gasteiger partial charge in [0.25, 0.3) is 6.43 Å².